The van der Waals surface area contributed by atoms with Crippen molar-refractivity contribution >= 4 is 16.9 Å². The summed E-state index contributed by atoms with van der Waals surface area (Å²) < 4.78 is 53.9. The van der Waals surface area contributed by atoms with Crippen molar-refractivity contribution in [3.8, 4) is 0 Å². The van der Waals surface area contributed by atoms with Crippen LogP contribution in [0.25, 0.3) is 10.9 Å². The minimum absolute atomic E-state index is 0.00329. The molecule has 3 N–H and O–H groups in total. The van der Waals surface area contributed by atoms with Crippen molar-refractivity contribution in [3.63, 3.8) is 0 Å². The molecule has 2 rings (SSSR count). The number of aromatic nitrogens is 1. The third kappa shape index (κ3) is 7.46. The predicted octanol–water partition coefficient (Wildman–Crippen LogP) is 3.37. The Morgan fingerprint density at radius 2 is 2.07 bits per heavy atom. The summed E-state index contributed by atoms with van der Waals surface area (Å²) in [7, 11) is 0. The summed E-state index contributed by atoms with van der Waals surface area (Å²) >= 11 is 0. The highest BCUT2D eigenvalue weighted by Gasteiger charge is 2.27. The number of aromatic amines is 1. The Labute approximate surface area is 155 Å². The molecule has 1 aromatic heterocycles. The minimum atomic E-state index is -4.30. The lowest BCUT2D eigenvalue weighted by atomic mass is 10.1. The van der Waals surface area contributed by atoms with Crippen LogP contribution in [0.5, 0.6) is 0 Å². The van der Waals surface area contributed by atoms with Crippen molar-refractivity contribution in [1.29, 1.82) is 0 Å². The standard InChI is InChI=1S/C18H24F4N4O/c1-2-23-17(24-7-3-9-27-12-18(20,21)22)25-8-6-13-11-26-16-5-4-14(19)10-15(13)16/h4-5,10-11,26H,2-3,6-9,12H2,1H3,(H2,23,24,25). The van der Waals surface area contributed by atoms with E-state index in [9.17, 15) is 17.6 Å². The number of rotatable bonds is 9. The van der Waals surface area contributed by atoms with Crippen molar-refractivity contribution in [1.82, 2.24) is 15.6 Å². The number of hydrogen-bond donors (Lipinski definition) is 3. The maximum Gasteiger partial charge on any atom is 0.411 e. The second-order valence-electron chi connectivity index (χ2n) is 5.96. The van der Waals surface area contributed by atoms with Gasteiger partial charge in [-0.3, -0.25) is 4.99 Å². The van der Waals surface area contributed by atoms with E-state index in [1.807, 2.05) is 13.1 Å². The van der Waals surface area contributed by atoms with E-state index in [1.54, 1.807) is 6.07 Å². The van der Waals surface area contributed by atoms with Crippen LogP contribution in [0.2, 0.25) is 0 Å². The number of ether oxygens (including phenoxy) is 1. The highest BCUT2D eigenvalue weighted by molar-refractivity contribution is 5.83. The van der Waals surface area contributed by atoms with Crippen molar-refractivity contribution in [2.45, 2.75) is 25.9 Å². The first-order valence-corrected chi connectivity index (χ1v) is 8.81. The van der Waals surface area contributed by atoms with Crippen molar-refractivity contribution in [2.75, 3.05) is 32.8 Å². The van der Waals surface area contributed by atoms with Gasteiger partial charge in [-0.15, -0.1) is 0 Å². The first-order chi connectivity index (χ1) is 12.9. The topological polar surface area (TPSA) is 61.4 Å². The lowest BCUT2D eigenvalue weighted by molar-refractivity contribution is -0.173. The van der Waals surface area contributed by atoms with Crippen LogP contribution < -0.4 is 10.6 Å². The second kappa shape index (κ2) is 10.1. The van der Waals surface area contributed by atoms with Crippen LogP contribution in [0, 0.1) is 5.82 Å². The largest absolute Gasteiger partial charge is 0.411 e. The smallest absolute Gasteiger partial charge is 0.372 e. The number of alkyl halides is 3. The van der Waals surface area contributed by atoms with Crippen LogP contribution in [0.4, 0.5) is 17.6 Å². The summed E-state index contributed by atoms with van der Waals surface area (Å²) in [5, 5.41) is 7.09. The van der Waals surface area contributed by atoms with Gasteiger partial charge in [0.1, 0.15) is 12.4 Å². The lowest BCUT2D eigenvalue weighted by Crippen LogP contribution is -2.38. The van der Waals surface area contributed by atoms with E-state index in [0.717, 1.165) is 16.5 Å². The molecule has 0 spiro atoms. The summed E-state index contributed by atoms with van der Waals surface area (Å²) in [5.74, 6) is 0.304. The summed E-state index contributed by atoms with van der Waals surface area (Å²) in [4.78, 5) is 7.42. The lowest BCUT2D eigenvalue weighted by Gasteiger charge is -2.11. The van der Waals surface area contributed by atoms with Crippen LogP contribution in [0.15, 0.2) is 29.4 Å². The van der Waals surface area contributed by atoms with Gasteiger partial charge in [0.2, 0.25) is 0 Å². The molecule has 0 saturated carbocycles. The van der Waals surface area contributed by atoms with Gasteiger partial charge in [-0.2, -0.15) is 13.2 Å². The van der Waals surface area contributed by atoms with Crippen molar-refractivity contribution in [3.05, 3.63) is 35.8 Å². The Morgan fingerprint density at radius 1 is 1.26 bits per heavy atom. The fraction of sp³-hybridized carbons (Fsp3) is 0.500. The van der Waals surface area contributed by atoms with Crippen LogP contribution in [0.1, 0.15) is 18.9 Å². The van der Waals surface area contributed by atoms with Crippen molar-refractivity contribution in [2.24, 2.45) is 4.99 Å². The Kier molecular flexibility index (Phi) is 7.90. The van der Waals surface area contributed by atoms with Crippen LogP contribution >= 0.6 is 0 Å². The van der Waals surface area contributed by atoms with E-state index in [4.69, 9.17) is 0 Å². The van der Waals surface area contributed by atoms with Gasteiger partial charge in [0.15, 0.2) is 5.96 Å². The van der Waals surface area contributed by atoms with Crippen LogP contribution in [0.3, 0.4) is 0 Å². The number of H-pyrrole nitrogens is 1. The number of guanidine groups is 1. The fourth-order valence-corrected chi connectivity index (χ4v) is 2.56. The molecule has 0 fully saturated rings. The number of halogens is 4. The number of nitrogens with one attached hydrogen (secondary N) is 3. The first-order valence-electron chi connectivity index (χ1n) is 8.81. The molecule has 0 bridgehead atoms. The molecule has 0 amide bonds. The van der Waals surface area contributed by atoms with E-state index >= 15 is 0 Å². The molecule has 0 saturated heterocycles. The molecule has 0 aliphatic rings. The van der Waals surface area contributed by atoms with Gasteiger partial charge in [0.05, 0.1) is 0 Å². The molecule has 2 aromatic rings. The molecule has 1 aromatic carbocycles. The fourth-order valence-electron chi connectivity index (χ4n) is 2.56. The van der Waals surface area contributed by atoms with Gasteiger partial charge in [-0.25, -0.2) is 4.39 Å². The number of aliphatic imine (C=N–C) groups is 1. The zero-order chi connectivity index (χ0) is 19.7. The quantitative estimate of drug-likeness (QED) is 0.267. The SMILES string of the molecule is CCNC(=NCCCOCC(F)(F)F)NCCc1c[nH]c2ccc(F)cc12. The van der Waals surface area contributed by atoms with Gasteiger partial charge in [-0.1, -0.05) is 0 Å². The summed E-state index contributed by atoms with van der Waals surface area (Å²) in [6, 6.07) is 4.62. The van der Waals surface area contributed by atoms with E-state index in [0.29, 0.717) is 38.4 Å². The number of nitrogens with zero attached hydrogens (tertiary/aromatic N) is 1. The van der Waals surface area contributed by atoms with E-state index < -0.39 is 12.8 Å². The normalized spacial score (nSPS) is 12.6. The summed E-state index contributed by atoms with van der Waals surface area (Å²) in [6.07, 6.45) is -1.38. The Balaban J connectivity index is 1.77. The zero-order valence-electron chi connectivity index (χ0n) is 15.1. The molecule has 0 aliphatic carbocycles. The van der Waals surface area contributed by atoms with Gasteiger partial charge in [0, 0.05) is 43.3 Å². The Bertz CT molecular complexity index is 743. The molecular formula is C18H24F4N4O. The average molecular weight is 388 g/mol. The number of benzene rings is 1. The molecule has 0 atom stereocenters. The van der Waals surface area contributed by atoms with E-state index in [2.05, 4.69) is 25.3 Å². The second-order valence-corrected chi connectivity index (χ2v) is 5.96. The Morgan fingerprint density at radius 3 is 2.81 bits per heavy atom. The molecule has 0 unspecified atom stereocenters. The van der Waals surface area contributed by atoms with Crippen LogP contribution in [-0.2, 0) is 11.2 Å². The van der Waals surface area contributed by atoms with Gasteiger partial charge in [-0.05, 0) is 43.5 Å². The maximum absolute atomic E-state index is 13.4. The maximum atomic E-state index is 13.4. The van der Waals surface area contributed by atoms with Crippen molar-refractivity contribution < 1.29 is 22.3 Å². The molecule has 1 heterocycles. The van der Waals surface area contributed by atoms with Gasteiger partial charge < -0.3 is 20.4 Å². The first kappa shape index (κ1) is 21.0. The highest BCUT2D eigenvalue weighted by atomic mass is 19.4. The third-order valence-corrected chi connectivity index (χ3v) is 3.74. The Hall–Kier alpha value is -2.29. The van der Waals surface area contributed by atoms with Gasteiger partial charge >= 0.3 is 6.18 Å². The van der Waals surface area contributed by atoms with E-state index in [-0.39, 0.29) is 12.4 Å². The highest BCUT2D eigenvalue weighted by Crippen LogP contribution is 2.19. The number of hydrogen-bond acceptors (Lipinski definition) is 2. The van der Waals surface area contributed by atoms with E-state index in [1.165, 1.54) is 12.1 Å². The summed E-state index contributed by atoms with van der Waals surface area (Å²) in [6.45, 7) is 2.29. The molecule has 27 heavy (non-hydrogen) atoms. The monoisotopic (exact) mass is 388 g/mol. The third-order valence-electron chi connectivity index (χ3n) is 3.74. The molecule has 9 heteroatoms. The average Bonchev–Trinajstić information content (AvgIpc) is 2.99. The zero-order valence-corrected chi connectivity index (χ0v) is 15.1. The number of fused-ring (bicyclic) bond motifs is 1. The van der Waals surface area contributed by atoms with Crippen LogP contribution in [-0.4, -0.2) is 50.0 Å². The minimum Gasteiger partial charge on any atom is -0.372 e. The molecule has 0 aliphatic heterocycles. The predicted molar refractivity (Wildman–Crippen MR) is 97.4 cm³/mol. The molecule has 5 nitrogen and oxygen atoms in total. The van der Waals surface area contributed by atoms with Gasteiger partial charge in [0.25, 0.3) is 0 Å². The molecule has 150 valence electrons. The molecular weight excluding hydrogens is 364 g/mol. The summed E-state index contributed by atoms with van der Waals surface area (Å²) in [5.41, 5.74) is 1.87. The molecule has 0 radical (unpaired) electrons.